The van der Waals surface area contributed by atoms with Crippen LogP contribution in [0.15, 0.2) is 23.1 Å². The summed E-state index contributed by atoms with van der Waals surface area (Å²) in [4.78, 5) is 25.7. The van der Waals surface area contributed by atoms with Crippen molar-refractivity contribution in [1.29, 1.82) is 0 Å². The molecule has 1 amide bonds. The fraction of sp³-hybridized carbons (Fsp3) is 0.579. The van der Waals surface area contributed by atoms with E-state index in [1.54, 1.807) is 12.4 Å². The molecule has 2 aromatic heterocycles. The summed E-state index contributed by atoms with van der Waals surface area (Å²) in [6, 6.07) is 0.411. The van der Waals surface area contributed by atoms with Gasteiger partial charge in [-0.1, -0.05) is 5.16 Å². The van der Waals surface area contributed by atoms with Crippen LogP contribution in [0.25, 0.3) is 0 Å². The van der Waals surface area contributed by atoms with Crippen molar-refractivity contribution >= 4 is 11.7 Å². The zero-order valence-electron chi connectivity index (χ0n) is 15.6. The van der Waals surface area contributed by atoms with Gasteiger partial charge in [-0.05, 0) is 32.6 Å². The van der Waals surface area contributed by atoms with E-state index in [-0.39, 0.29) is 5.91 Å². The molecule has 1 saturated carbocycles. The summed E-state index contributed by atoms with van der Waals surface area (Å²) in [5, 5.41) is 3.96. The lowest BCUT2D eigenvalue weighted by Gasteiger charge is -2.30. The van der Waals surface area contributed by atoms with Crippen molar-refractivity contribution in [2.75, 3.05) is 25.0 Å². The highest BCUT2D eigenvalue weighted by Crippen LogP contribution is 2.41. The monoisotopic (exact) mass is 355 g/mol. The largest absolute Gasteiger partial charge is 0.361 e. The van der Waals surface area contributed by atoms with E-state index < -0.39 is 0 Å². The number of fused-ring (bicyclic) bond motifs is 1. The Morgan fingerprint density at radius 2 is 2.15 bits per heavy atom. The molecule has 0 N–H and O–H groups in total. The molecule has 0 spiro atoms. The Morgan fingerprint density at radius 3 is 2.85 bits per heavy atom. The van der Waals surface area contributed by atoms with Crippen LogP contribution in [0.5, 0.6) is 0 Å². The van der Waals surface area contributed by atoms with Crippen LogP contribution in [-0.4, -0.2) is 52.1 Å². The molecule has 1 aliphatic carbocycles. The minimum absolute atomic E-state index is 0.176. The first-order valence-corrected chi connectivity index (χ1v) is 9.23. The summed E-state index contributed by atoms with van der Waals surface area (Å²) in [5.41, 5.74) is 1.75. The van der Waals surface area contributed by atoms with Crippen LogP contribution in [0.4, 0.5) is 5.82 Å². The number of carbonyl (C=O) groups is 1. The molecule has 4 rings (SSSR count). The van der Waals surface area contributed by atoms with Gasteiger partial charge in [0.1, 0.15) is 11.6 Å². The molecule has 2 fully saturated rings. The van der Waals surface area contributed by atoms with Gasteiger partial charge in [-0.25, -0.2) is 4.98 Å². The van der Waals surface area contributed by atoms with Crippen molar-refractivity contribution < 1.29 is 9.32 Å². The van der Waals surface area contributed by atoms with Gasteiger partial charge in [-0.2, -0.15) is 0 Å². The van der Waals surface area contributed by atoms with Crippen LogP contribution < -0.4 is 4.90 Å². The lowest BCUT2D eigenvalue weighted by molar-refractivity contribution is -0.129. The molecule has 3 heterocycles. The summed E-state index contributed by atoms with van der Waals surface area (Å²) >= 11 is 0. The Morgan fingerprint density at radius 1 is 1.31 bits per heavy atom. The van der Waals surface area contributed by atoms with E-state index in [1.807, 2.05) is 24.9 Å². The van der Waals surface area contributed by atoms with Crippen LogP contribution in [0.2, 0.25) is 0 Å². The van der Waals surface area contributed by atoms with Crippen molar-refractivity contribution in [3.8, 4) is 0 Å². The van der Waals surface area contributed by atoms with E-state index in [1.165, 1.54) is 0 Å². The molecule has 2 aromatic rings. The molecule has 1 aliphatic heterocycles. The average molecular weight is 355 g/mol. The van der Waals surface area contributed by atoms with Crippen LogP contribution >= 0.6 is 0 Å². The number of rotatable bonds is 4. The number of amides is 1. The molecular formula is C19H25N5O2. The zero-order chi connectivity index (χ0) is 18.3. The molecule has 0 radical (unpaired) electrons. The first-order valence-electron chi connectivity index (χ1n) is 9.23. The van der Waals surface area contributed by atoms with Crippen molar-refractivity contribution in [1.82, 2.24) is 20.0 Å². The number of aromatic nitrogens is 3. The summed E-state index contributed by atoms with van der Waals surface area (Å²) in [6.07, 6.45) is 7.92. The third-order valence-corrected chi connectivity index (χ3v) is 6.09. The van der Waals surface area contributed by atoms with Crippen molar-refractivity contribution in [2.45, 2.75) is 39.2 Å². The maximum Gasteiger partial charge on any atom is 0.227 e. The van der Waals surface area contributed by atoms with Gasteiger partial charge in [0.05, 0.1) is 18.3 Å². The zero-order valence-corrected chi connectivity index (χ0v) is 15.6. The van der Waals surface area contributed by atoms with E-state index in [0.29, 0.717) is 24.3 Å². The second-order valence-corrected chi connectivity index (χ2v) is 7.52. The van der Waals surface area contributed by atoms with Gasteiger partial charge in [0.2, 0.25) is 5.91 Å². The quantitative estimate of drug-likeness (QED) is 0.835. The van der Waals surface area contributed by atoms with Crippen molar-refractivity contribution in [3.05, 3.63) is 35.6 Å². The predicted octanol–water partition coefficient (Wildman–Crippen LogP) is 2.00. The number of likely N-dealkylation sites (tertiary alicyclic amines) is 1. The number of nitrogens with zero attached hydrogens (tertiary/aromatic N) is 5. The summed E-state index contributed by atoms with van der Waals surface area (Å²) in [7, 11) is 2.09. The number of hydrogen-bond donors (Lipinski definition) is 0. The Hall–Kier alpha value is -2.44. The molecular weight excluding hydrogens is 330 g/mol. The SMILES string of the molecule is Cc1noc(C)c1CC(=O)N1C[C@H]2CC[C@@H](N(C)c3cnccn3)[C@H]2C1. The average Bonchev–Trinajstić information content (AvgIpc) is 3.32. The van der Waals surface area contributed by atoms with Gasteiger partial charge in [0.25, 0.3) is 0 Å². The standard InChI is InChI=1S/C19H25N5O2/c1-12-15(13(2)26-22-12)8-19(25)24-10-14-4-5-17(16(14)11-24)23(3)18-9-20-6-7-21-18/h6-7,9,14,16-17H,4-5,8,10-11H2,1-3H3/t14-,16+,17-/m1/s1. The smallest absolute Gasteiger partial charge is 0.227 e. The number of aryl methyl sites for hydroxylation is 2. The van der Waals surface area contributed by atoms with Crippen molar-refractivity contribution in [3.63, 3.8) is 0 Å². The predicted molar refractivity (Wildman–Crippen MR) is 96.7 cm³/mol. The van der Waals surface area contributed by atoms with Gasteiger partial charge in [0, 0.05) is 50.1 Å². The minimum atomic E-state index is 0.176. The minimum Gasteiger partial charge on any atom is -0.361 e. The third-order valence-electron chi connectivity index (χ3n) is 6.09. The van der Waals surface area contributed by atoms with E-state index in [4.69, 9.17) is 4.52 Å². The number of anilines is 1. The highest BCUT2D eigenvalue weighted by atomic mass is 16.5. The molecule has 7 nitrogen and oxygen atoms in total. The van der Waals surface area contributed by atoms with Gasteiger partial charge in [-0.3, -0.25) is 9.78 Å². The molecule has 0 aromatic carbocycles. The normalized spacial score (nSPS) is 24.7. The van der Waals surface area contributed by atoms with Crippen LogP contribution in [0.3, 0.4) is 0 Å². The van der Waals surface area contributed by atoms with Crippen LogP contribution in [0, 0.1) is 25.7 Å². The lowest BCUT2D eigenvalue weighted by Crippen LogP contribution is -2.39. The maximum atomic E-state index is 12.8. The fourth-order valence-electron chi connectivity index (χ4n) is 4.58. The highest BCUT2D eigenvalue weighted by Gasteiger charge is 2.45. The first kappa shape index (κ1) is 17.0. The van der Waals surface area contributed by atoms with Crippen LogP contribution in [-0.2, 0) is 11.2 Å². The molecule has 26 heavy (non-hydrogen) atoms. The van der Waals surface area contributed by atoms with Crippen molar-refractivity contribution in [2.24, 2.45) is 11.8 Å². The number of hydrogen-bond acceptors (Lipinski definition) is 6. The molecule has 138 valence electrons. The Bertz CT molecular complexity index is 771. The summed E-state index contributed by atoms with van der Waals surface area (Å²) < 4.78 is 5.19. The van der Waals surface area contributed by atoms with E-state index in [2.05, 4.69) is 27.1 Å². The lowest BCUT2D eigenvalue weighted by atomic mass is 9.97. The third kappa shape index (κ3) is 2.95. The Balaban J connectivity index is 1.43. The molecule has 7 heteroatoms. The Kier molecular flexibility index (Phi) is 4.38. The molecule has 1 saturated heterocycles. The van der Waals surface area contributed by atoms with Gasteiger partial charge < -0.3 is 14.3 Å². The van der Waals surface area contributed by atoms with Gasteiger partial charge in [-0.15, -0.1) is 0 Å². The highest BCUT2D eigenvalue weighted by molar-refractivity contribution is 5.79. The maximum absolute atomic E-state index is 12.8. The second-order valence-electron chi connectivity index (χ2n) is 7.52. The first-order chi connectivity index (χ1) is 12.5. The summed E-state index contributed by atoms with van der Waals surface area (Å²) in [6.45, 7) is 5.44. The summed E-state index contributed by atoms with van der Waals surface area (Å²) in [5.74, 6) is 2.90. The Labute approximate surface area is 153 Å². The molecule has 3 atom stereocenters. The fourth-order valence-corrected chi connectivity index (χ4v) is 4.58. The van der Waals surface area contributed by atoms with Crippen LogP contribution in [0.1, 0.15) is 29.9 Å². The molecule has 0 unspecified atom stereocenters. The van der Waals surface area contributed by atoms with E-state index in [0.717, 1.165) is 48.8 Å². The topological polar surface area (TPSA) is 75.4 Å². The van der Waals surface area contributed by atoms with E-state index in [9.17, 15) is 4.79 Å². The molecule has 0 bridgehead atoms. The van der Waals surface area contributed by atoms with Gasteiger partial charge in [0.15, 0.2) is 0 Å². The van der Waals surface area contributed by atoms with Gasteiger partial charge >= 0.3 is 0 Å². The second kappa shape index (κ2) is 6.70. The molecule has 2 aliphatic rings. The number of carbonyl (C=O) groups excluding carboxylic acids is 1. The van der Waals surface area contributed by atoms with E-state index >= 15 is 0 Å².